The zero-order chi connectivity index (χ0) is 18.9. The molecule has 0 aromatic heterocycles. The maximum absolute atomic E-state index is 12.8. The number of Topliss-reactive ketones (excluding diaryl/α,β-unsaturated/α-hetero) is 1. The lowest BCUT2D eigenvalue weighted by atomic mass is 10.1. The number of hydrogen-bond donors (Lipinski definition) is 1. The number of halogens is 1. The number of nitrogens with one attached hydrogen (secondary N) is 1. The van der Waals surface area contributed by atoms with Gasteiger partial charge < -0.3 is 5.32 Å². The van der Waals surface area contributed by atoms with Crippen LogP contribution in [0, 0.1) is 15.9 Å². The van der Waals surface area contributed by atoms with E-state index in [1.165, 1.54) is 36.4 Å². The van der Waals surface area contributed by atoms with Crippen LogP contribution in [-0.4, -0.2) is 23.2 Å². The van der Waals surface area contributed by atoms with E-state index >= 15 is 0 Å². The van der Waals surface area contributed by atoms with E-state index in [4.69, 9.17) is 0 Å². The molecule has 0 heterocycles. The molecule has 0 radical (unpaired) electrons. The van der Waals surface area contributed by atoms with Crippen molar-refractivity contribution in [3.63, 3.8) is 0 Å². The highest BCUT2D eigenvalue weighted by atomic mass is 19.1. The van der Waals surface area contributed by atoms with E-state index in [1.807, 2.05) is 0 Å². The van der Waals surface area contributed by atoms with Gasteiger partial charge in [-0.2, -0.15) is 0 Å². The number of nitrogens with zero attached hydrogens (tertiary/aromatic N) is 1. The Labute approximate surface area is 150 Å². The van der Waals surface area contributed by atoms with E-state index in [0.717, 1.165) is 5.56 Å². The van der Waals surface area contributed by atoms with Gasteiger partial charge in [0, 0.05) is 37.1 Å². The lowest BCUT2D eigenvalue weighted by molar-refractivity contribution is -0.384. The highest BCUT2D eigenvalue weighted by Gasteiger charge is 2.08. The van der Waals surface area contributed by atoms with Crippen LogP contribution in [0.15, 0.2) is 48.5 Å². The summed E-state index contributed by atoms with van der Waals surface area (Å²) in [7, 11) is 0. The number of hydrogen-bond acceptors (Lipinski definition) is 4. The third kappa shape index (κ3) is 6.08. The molecular weight excluding hydrogens is 339 g/mol. The first-order valence-corrected chi connectivity index (χ1v) is 8.24. The maximum Gasteiger partial charge on any atom is 0.269 e. The minimum atomic E-state index is -0.460. The maximum atomic E-state index is 12.8. The Morgan fingerprint density at radius 3 is 2.27 bits per heavy atom. The zero-order valence-corrected chi connectivity index (χ0v) is 14.1. The Morgan fingerprint density at radius 2 is 1.65 bits per heavy atom. The largest absolute Gasteiger partial charge is 0.356 e. The molecule has 0 atom stereocenters. The zero-order valence-electron chi connectivity index (χ0n) is 14.1. The summed E-state index contributed by atoms with van der Waals surface area (Å²) in [4.78, 5) is 33.8. The Morgan fingerprint density at radius 1 is 1.00 bits per heavy atom. The van der Waals surface area contributed by atoms with Gasteiger partial charge in [-0.1, -0.05) is 12.1 Å². The van der Waals surface area contributed by atoms with E-state index in [1.54, 1.807) is 12.1 Å². The van der Waals surface area contributed by atoms with Gasteiger partial charge in [-0.25, -0.2) is 4.39 Å². The first kappa shape index (κ1) is 19.2. The fourth-order valence-electron chi connectivity index (χ4n) is 2.41. The van der Waals surface area contributed by atoms with Gasteiger partial charge in [-0.3, -0.25) is 19.7 Å². The number of non-ortho nitro benzene ring substituents is 1. The molecule has 0 saturated carbocycles. The Hall–Kier alpha value is -3.09. The predicted molar refractivity (Wildman–Crippen MR) is 94.4 cm³/mol. The minimum Gasteiger partial charge on any atom is -0.356 e. The van der Waals surface area contributed by atoms with Crippen LogP contribution in [-0.2, 0) is 11.2 Å². The van der Waals surface area contributed by atoms with E-state index in [-0.39, 0.29) is 30.2 Å². The molecule has 0 spiro atoms. The van der Waals surface area contributed by atoms with E-state index in [2.05, 4.69) is 5.32 Å². The SMILES string of the molecule is O=C(CCCC(=O)c1ccc(F)cc1)NCCc1ccc([N+](=O)[O-])cc1. The number of amides is 1. The highest BCUT2D eigenvalue weighted by Crippen LogP contribution is 2.12. The number of nitro groups is 1. The molecule has 136 valence electrons. The number of nitro benzene ring substituents is 1. The van der Waals surface area contributed by atoms with E-state index in [0.29, 0.717) is 24.9 Å². The summed E-state index contributed by atoms with van der Waals surface area (Å²) in [5, 5.41) is 13.3. The Balaban J connectivity index is 1.65. The predicted octanol–water partition coefficient (Wildman–Crippen LogP) is 3.45. The molecule has 0 unspecified atom stereocenters. The Bertz CT molecular complexity index is 773. The molecule has 2 aromatic carbocycles. The van der Waals surface area contributed by atoms with E-state index < -0.39 is 10.7 Å². The van der Waals surface area contributed by atoms with Crippen molar-refractivity contribution in [2.24, 2.45) is 0 Å². The molecule has 0 aliphatic carbocycles. The van der Waals surface area contributed by atoms with Gasteiger partial charge >= 0.3 is 0 Å². The number of benzene rings is 2. The van der Waals surface area contributed by atoms with Crippen molar-refractivity contribution in [1.29, 1.82) is 0 Å². The normalized spacial score (nSPS) is 10.3. The molecule has 0 fully saturated rings. The van der Waals surface area contributed by atoms with Gasteiger partial charge in [-0.15, -0.1) is 0 Å². The summed E-state index contributed by atoms with van der Waals surface area (Å²) >= 11 is 0. The van der Waals surface area contributed by atoms with Crippen LogP contribution in [0.5, 0.6) is 0 Å². The van der Waals surface area contributed by atoms with Crippen LogP contribution in [0.4, 0.5) is 10.1 Å². The van der Waals surface area contributed by atoms with Crippen LogP contribution in [0.25, 0.3) is 0 Å². The molecule has 0 aliphatic rings. The van der Waals surface area contributed by atoms with Gasteiger partial charge in [0.1, 0.15) is 5.82 Å². The standard InChI is InChI=1S/C19H19FN2O4/c20-16-8-6-15(7-9-16)18(23)2-1-3-19(24)21-13-12-14-4-10-17(11-5-14)22(25)26/h4-11H,1-3,12-13H2,(H,21,24). The summed E-state index contributed by atoms with van der Waals surface area (Å²) in [5.74, 6) is -0.670. The lowest BCUT2D eigenvalue weighted by Crippen LogP contribution is -2.25. The van der Waals surface area contributed by atoms with Crippen molar-refractivity contribution in [2.45, 2.75) is 25.7 Å². The summed E-state index contributed by atoms with van der Waals surface area (Å²) in [6.07, 6.45) is 1.44. The fourth-order valence-corrected chi connectivity index (χ4v) is 2.41. The van der Waals surface area contributed by atoms with Crippen molar-refractivity contribution in [2.75, 3.05) is 6.54 Å². The third-order valence-electron chi connectivity index (χ3n) is 3.86. The van der Waals surface area contributed by atoms with Gasteiger partial charge in [0.05, 0.1) is 4.92 Å². The first-order chi connectivity index (χ1) is 12.5. The second-order valence-corrected chi connectivity index (χ2v) is 5.81. The quantitative estimate of drug-likeness (QED) is 0.422. The molecule has 2 rings (SSSR count). The molecular formula is C19H19FN2O4. The summed E-state index contributed by atoms with van der Waals surface area (Å²) < 4.78 is 12.8. The Kier molecular flexibility index (Phi) is 6.96. The molecule has 0 bridgehead atoms. The average Bonchev–Trinajstić information content (AvgIpc) is 2.62. The third-order valence-corrected chi connectivity index (χ3v) is 3.86. The monoisotopic (exact) mass is 358 g/mol. The molecule has 26 heavy (non-hydrogen) atoms. The second kappa shape index (κ2) is 9.41. The number of rotatable bonds is 9. The average molecular weight is 358 g/mol. The van der Waals surface area contributed by atoms with Crippen LogP contribution in [0.1, 0.15) is 35.2 Å². The number of carbonyl (C=O) groups excluding carboxylic acids is 2. The van der Waals surface area contributed by atoms with Crippen molar-refractivity contribution < 1.29 is 18.9 Å². The topological polar surface area (TPSA) is 89.3 Å². The molecule has 2 aromatic rings. The molecule has 7 heteroatoms. The lowest BCUT2D eigenvalue weighted by Gasteiger charge is -2.05. The number of carbonyl (C=O) groups is 2. The molecule has 0 aliphatic heterocycles. The van der Waals surface area contributed by atoms with E-state index in [9.17, 15) is 24.1 Å². The van der Waals surface area contributed by atoms with Crippen LogP contribution in [0.3, 0.4) is 0 Å². The first-order valence-electron chi connectivity index (χ1n) is 8.24. The summed E-state index contributed by atoms with van der Waals surface area (Å²) in [6.45, 7) is 0.419. The number of ketones is 1. The smallest absolute Gasteiger partial charge is 0.269 e. The van der Waals surface area contributed by atoms with Gasteiger partial charge in [-0.05, 0) is 42.7 Å². The highest BCUT2D eigenvalue weighted by molar-refractivity contribution is 5.96. The molecule has 0 saturated heterocycles. The summed E-state index contributed by atoms with van der Waals surface area (Å²) in [5.41, 5.74) is 1.36. The molecule has 1 N–H and O–H groups in total. The second-order valence-electron chi connectivity index (χ2n) is 5.81. The minimum absolute atomic E-state index is 0.0311. The van der Waals surface area contributed by atoms with Crippen molar-refractivity contribution in [3.05, 3.63) is 75.6 Å². The van der Waals surface area contributed by atoms with Gasteiger partial charge in [0.2, 0.25) is 5.91 Å². The van der Waals surface area contributed by atoms with Gasteiger partial charge in [0.25, 0.3) is 5.69 Å². The molecule has 1 amide bonds. The molecule has 6 nitrogen and oxygen atoms in total. The van der Waals surface area contributed by atoms with Crippen molar-refractivity contribution in [3.8, 4) is 0 Å². The van der Waals surface area contributed by atoms with Crippen LogP contribution >= 0.6 is 0 Å². The van der Waals surface area contributed by atoms with Gasteiger partial charge in [0.15, 0.2) is 5.78 Å². The summed E-state index contributed by atoms with van der Waals surface area (Å²) in [6, 6.07) is 11.5. The van der Waals surface area contributed by atoms with Crippen molar-refractivity contribution in [1.82, 2.24) is 5.32 Å². The van der Waals surface area contributed by atoms with Crippen molar-refractivity contribution >= 4 is 17.4 Å². The fraction of sp³-hybridized carbons (Fsp3) is 0.263. The van der Waals surface area contributed by atoms with Crippen LogP contribution < -0.4 is 5.32 Å². The van der Waals surface area contributed by atoms with Crippen LogP contribution in [0.2, 0.25) is 0 Å².